The molecule has 2 rings (SSSR count). The zero-order valence-corrected chi connectivity index (χ0v) is 11.2. The van der Waals surface area contributed by atoms with Crippen LogP contribution in [0.3, 0.4) is 0 Å². The minimum atomic E-state index is 0.836. The molecule has 0 amide bonds. The summed E-state index contributed by atoms with van der Waals surface area (Å²) in [6, 6.07) is 0. The molecule has 0 radical (unpaired) electrons. The lowest BCUT2D eigenvalue weighted by Gasteiger charge is -2.30. The van der Waals surface area contributed by atoms with Crippen molar-refractivity contribution in [1.82, 2.24) is 10.2 Å². The molecular formula is C8H12BrN3S2. The Labute approximate surface area is 100 Å². The summed E-state index contributed by atoms with van der Waals surface area (Å²) in [5, 5.41) is 9.99. The third-order valence-electron chi connectivity index (χ3n) is 2.44. The third kappa shape index (κ3) is 2.41. The molecule has 3 nitrogen and oxygen atoms in total. The van der Waals surface area contributed by atoms with E-state index in [1.807, 2.05) is 11.8 Å². The van der Waals surface area contributed by atoms with Crippen LogP contribution in [0.25, 0.3) is 0 Å². The first-order valence-electron chi connectivity index (χ1n) is 4.56. The molecule has 1 aliphatic rings. The molecule has 0 bridgehead atoms. The molecule has 0 N–H and O–H groups in total. The van der Waals surface area contributed by atoms with E-state index in [0.29, 0.717) is 0 Å². The maximum absolute atomic E-state index is 4.13. The fourth-order valence-electron chi connectivity index (χ4n) is 1.61. The van der Waals surface area contributed by atoms with E-state index >= 15 is 0 Å². The first-order chi connectivity index (χ1) is 6.79. The van der Waals surface area contributed by atoms with Crippen molar-refractivity contribution in [3.8, 4) is 0 Å². The summed E-state index contributed by atoms with van der Waals surface area (Å²) in [7, 11) is 0. The number of anilines is 1. The highest BCUT2D eigenvalue weighted by atomic mass is 79.9. The molecule has 14 heavy (non-hydrogen) atoms. The molecule has 1 aromatic rings. The van der Waals surface area contributed by atoms with Crippen LogP contribution in [0.15, 0.2) is 3.92 Å². The predicted molar refractivity (Wildman–Crippen MR) is 66.4 cm³/mol. The molecule has 0 unspecified atom stereocenters. The lowest BCUT2D eigenvalue weighted by molar-refractivity contribution is 0.589. The van der Waals surface area contributed by atoms with E-state index in [0.717, 1.165) is 27.4 Å². The van der Waals surface area contributed by atoms with Crippen molar-refractivity contribution < 1.29 is 0 Å². The van der Waals surface area contributed by atoms with Crippen LogP contribution >= 0.6 is 39.0 Å². The smallest absolute Gasteiger partial charge is 0.209 e. The standard InChI is InChI=1S/C8H12BrN3S2/c1-13-6-2-4-12(5-3-6)8-11-10-7(9)14-8/h6H,2-5H2,1H3. The van der Waals surface area contributed by atoms with Gasteiger partial charge in [-0.1, -0.05) is 11.3 Å². The average molecular weight is 294 g/mol. The van der Waals surface area contributed by atoms with Crippen molar-refractivity contribution in [3.05, 3.63) is 3.92 Å². The second-order valence-corrected chi connectivity index (χ2v) is 6.63. The van der Waals surface area contributed by atoms with Crippen molar-refractivity contribution in [1.29, 1.82) is 0 Å². The minimum absolute atomic E-state index is 0.836. The van der Waals surface area contributed by atoms with E-state index in [9.17, 15) is 0 Å². The lowest BCUT2D eigenvalue weighted by Crippen LogP contribution is -2.34. The molecule has 0 atom stereocenters. The largest absolute Gasteiger partial charge is 0.347 e. The van der Waals surface area contributed by atoms with Crippen LogP contribution in [-0.4, -0.2) is 34.8 Å². The van der Waals surface area contributed by atoms with Crippen LogP contribution < -0.4 is 4.90 Å². The summed E-state index contributed by atoms with van der Waals surface area (Å²) < 4.78 is 0.875. The Hall–Kier alpha value is 0.190. The van der Waals surface area contributed by atoms with Crippen molar-refractivity contribution in [2.75, 3.05) is 24.2 Å². The molecule has 0 saturated carbocycles. The Balaban J connectivity index is 1.95. The van der Waals surface area contributed by atoms with Gasteiger partial charge in [-0.3, -0.25) is 0 Å². The number of nitrogens with zero attached hydrogens (tertiary/aromatic N) is 3. The van der Waals surface area contributed by atoms with Gasteiger partial charge in [-0.2, -0.15) is 11.8 Å². The van der Waals surface area contributed by atoms with Crippen LogP contribution in [0.4, 0.5) is 5.13 Å². The Morgan fingerprint density at radius 1 is 1.43 bits per heavy atom. The Bertz CT molecular complexity index is 297. The van der Waals surface area contributed by atoms with Crippen LogP contribution in [0.5, 0.6) is 0 Å². The highest BCUT2D eigenvalue weighted by Crippen LogP contribution is 2.28. The van der Waals surface area contributed by atoms with Gasteiger partial charge >= 0.3 is 0 Å². The highest BCUT2D eigenvalue weighted by Gasteiger charge is 2.20. The van der Waals surface area contributed by atoms with E-state index in [-0.39, 0.29) is 0 Å². The van der Waals surface area contributed by atoms with E-state index in [1.54, 1.807) is 11.3 Å². The predicted octanol–water partition coefficient (Wildman–Crippen LogP) is 2.63. The van der Waals surface area contributed by atoms with Crippen LogP contribution in [0, 0.1) is 0 Å². The minimum Gasteiger partial charge on any atom is -0.347 e. The maximum Gasteiger partial charge on any atom is 0.209 e. The van der Waals surface area contributed by atoms with Gasteiger partial charge in [0.25, 0.3) is 0 Å². The summed E-state index contributed by atoms with van der Waals surface area (Å²) in [6.45, 7) is 2.24. The zero-order valence-electron chi connectivity index (χ0n) is 7.94. The molecule has 2 heterocycles. The van der Waals surface area contributed by atoms with E-state index < -0.39 is 0 Å². The first-order valence-corrected chi connectivity index (χ1v) is 7.46. The molecule has 78 valence electrons. The van der Waals surface area contributed by atoms with Gasteiger partial charge in [0.1, 0.15) is 0 Å². The number of rotatable bonds is 2. The van der Waals surface area contributed by atoms with Crippen LogP contribution in [0.2, 0.25) is 0 Å². The zero-order chi connectivity index (χ0) is 9.97. The number of piperidine rings is 1. The molecular weight excluding hydrogens is 282 g/mol. The van der Waals surface area contributed by atoms with E-state index in [1.165, 1.54) is 12.8 Å². The van der Waals surface area contributed by atoms with Crippen molar-refractivity contribution in [2.45, 2.75) is 18.1 Å². The quantitative estimate of drug-likeness (QED) is 0.838. The molecule has 1 saturated heterocycles. The Kier molecular flexibility index (Phi) is 3.67. The van der Waals surface area contributed by atoms with E-state index in [2.05, 4.69) is 37.3 Å². The number of hydrogen-bond acceptors (Lipinski definition) is 5. The van der Waals surface area contributed by atoms with Gasteiger partial charge < -0.3 is 4.90 Å². The van der Waals surface area contributed by atoms with Crippen LogP contribution in [-0.2, 0) is 0 Å². The summed E-state index contributed by atoms with van der Waals surface area (Å²) >= 11 is 6.93. The number of halogens is 1. The third-order valence-corrected chi connectivity index (χ3v) is 4.99. The van der Waals surface area contributed by atoms with Crippen molar-refractivity contribution in [3.63, 3.8) is 0 Å². The number of thioether (sulfide) groups is 1. The van der Waals surface area contributed by atoms with Crippen molar-refractivity contribution >= 4 is 44.2 Å². The topological polar surface area (TPSA) is 29.0 Å². The summed E-state index contributed by atoms with van der Waals surface area (Å²) in [6.07, 6.45) is 4.72. The SMILES string of the molecule is CSC1CCN(c2nnc(Br)s2)CC1. The van der Waals surface area contributed by atoms with Gasteiger partial charge in [0, 0.05) is 18.3 Å². The first kappa shape index (κ1) is 10.7. The molecule has 0 spiro atoms. The summed E-state index contributed by atoms with van der Waals surface area (Å²) in [5.74, 6) is 0. The maximum atomic E-state index is 4.13. The molecule has 1 fully saturated rings. The Morgan fingerprint density at radius 3 is 2.64 bits per heavy atom. The van der Waals surface area contributed by atoms with E-state index in [4.69, 9.17) is 0 Å². The Morgan fingerprint density at radius 2 is 2.14 bits per heavy atom. The second-order valence-electron chi connectivity index (χ2n) is 3.26. The fourth-order valence-corrected chi connectivity index (χ4v) is 3.43. The highest BCUT2D eigenvalue weighted by molar-refractivity contribution is 9.11. The fraction of sp³-hybridized carbons (Fsp3) is 0.750. The second kappa shape index (κ2) is 4.81. The molecule has 1 aliphatic heterocycles. The molecule has 0 aliphatic carbocycles. The number of hydrogen-bond donors (Lipinski definition) is 0. The summed E-state index contributed by atoms with van der Waals surface area (Å²) in [5.41, 5.74) is 0. The number of aromatic nitrogens is 2. The van der Waals surface area contributed by atoms with Crippen molar-refractivity contribution in [2.24, 2.45) is 0 Å². The molecule has 1 aromatic heterocycles. The van der Waals surface area contributed by atoms with Gasteiger partial charge in [-0.15, -0.1) is 10.2 Å². The summed E-state index contributed by atoms with van der Waals surface area (Å²) in [4.78, 5) is 2.33. The molecule has 0 aromatic carbocycles. The average Bonchev–Trinajstić information content (AvgIpc) is 2.65. The monoisotopic (exact) mass is 293 g/mol. The normalized spacial score (nSPS) is 18.9. The van der Waals surface area contributed by atoms with Gasteiger partial charge in [-0.25, -0.2) is 0 Å². The van der Waals surface area contributed by atoms with Gasteiger partial charge in [-0.05, 0) is 35.0 Å². The van der Waals surface area contributed by atoms with Gasteiger partial charge in [0.2, 0.25) is 5.13 Å². The molecule has 6 heteroatoms. The van der Waals surface area contributed by atoms with Gasteiger partial charge in [0.05, 0.1) is 0 Å². The lowest BCUT2D eigenvalue weighted by atomic mass is 10.1. The van der Waals surface area contributed by atoms with Crippen LogP contribution in [0.1, 0.15) is 12.8 Å². The van der Waals surface area contributed by atoms with Gasteiger partial charge in [0.15, 0.2) is 3.92 Å².